The number of cyclic esters (lactones) is 1. The number of benzene rings is 4. The maximum Gasteiger partial charge on any atom is 0.337 e. The van der Waals surface area contributed by atoms with Gasteiger partial charge in [-0.05, 0) is 203 Å². The molecule has 3 saturated heterocycles. The fourth-order valence-corrected chi connectivity index (χ4v) is 20.4. The first-order valence-electron chi connectivity index (χ1n) is 33.4. The highest BCUT2D eigenvalue weighted by Gasteiger charge is 2.60. The number of esters is 1. The van der Waals surface area contributed by atoms with Crippen LogP contribution in [0.25, 0.3) is 20.4 Å². The molecule has 2 aromatic heterocycles. The highest BCUT2D eigenvalue weighted by molar-refractivity contribution is 7.18. The summed E-state index contributed by atoms with van der Waals surface area (Å²) >= 11 is 3.34. The fourth-order valence-electron chi connectivity index (χ4n) is 12.0. The first kappa shape index (κ1) is 79.2. The van der Waals surface area contributed by atoms with E-state index in [-0.39, 0.29) is 36.5 Å². The number of aliphatic hydroxyl groups is 5. The Morgan fingerprint density at radius 3 is 1.37 bits per heavy atom. The van der Waals surface area contributed by atoms with Crippen molar-refractivity contribution in [3.8, 4) is 0 Å². The molecule has 0 amide bonds. The molecule has 14 atom stereocenters. The number of fused-ring (bicyclic) bond motifs is 2. The predicted molar refractivity (Wildman–Crippen MR) is 394 cm³/mol. The molecular weight excluding hydrogens is 1350 g/mol. The number of aromatic nitrogens is 2. The quantitative estimate of drug-likeness (QED) is 0.0314. The fraction of sp³-hybridized carbons (Fsp3) is 0.609. The van der Waals surface area contributed by atoms with Crippen molar-refractivity contribution in [3.63, 3.8) is 0 Å². The molecule has 528 valence electrons. The smallest absolute Gasteiger partial charge is 0.337 e. The molecule has 2 unspecified atom stereocenters. The highest BCUT2D eigenvalue weighted by Crippen LogP contribution is 2.46. The van der Waals surface area contributed by atoms with E-state index in [1.165, 1.54) is 11.8 Å². The van der Waals surface area contributed by atoms with E-state index in [0.717, 1.165) is 48.0 Å². The Hall–Kier alpha value is -3.13. The zero-order valence-electron chi connectivity index (χ0n) is 60.5. The molecule has 4 aromatic carbocycles. The number of carbonyl (C=O) groups is 1. The van der Waals surface area contributed by atoms with Gasteiger partial charge in [0, 0.05) is 31.1 Å². The van der Waals surface area contributed by atoms with Crippen molar-refractivity contribution < 1.29 is 75.8 Å². The molecule has 5 heterocycles. The Kier molecular flexibility index (Phi) is 26.2. The predicted octanol–water partition coefficient (Wildman–Crippen LogP) is 13.3. The highest BCUT2D eigenvalue weighted by atomic mass is 32.1. The molecule has 0 radical (unpaired) electrons. The molecule has 26 heteroatoms. The summed E-state index contributed by atoms with van der Waals surface area (Å²) in [7, 11) is -10.5. The van der Waals surface area contributed by atoms with Gasteiger partial charge in [-0.1, -0.05) is 62.4 Å². The standard InChI is InChI=1S/C31H49NO5SSi3.C22H25NO6S.C16H36O5Si3/c1-12-25-28(35-39(3,4)5)29(36-40(6,7)8)30(37-41(9,10)11)31(33,34-25)23-18-17-21(2)22(19-23)20-27-32-24-15-13-14-16-26(24)38-27;1-12-7-8-14(22(28-2)21(27)20(26)19(25)16(11-24)29-22)9-13(12)10-18-23-15-5-3-4-6-17(15)30-18;1-11-12-13(19-22(2,3)4)14(20-23(5,6)7)15(16(17)18-12)21-24(8,9)10/h13-19,25,28-30,33H,12,20H2,1-11H3;3-9,16,19-21,24-27H,10-11H2,1-2H3;12-15H,11H2,1-10H3/t25-,28-,29+,30-,31?;16-,19-,20+,21-,22?;12-,13-,14+,15-/m111/s1. The number of hydrogen-bond acceptors (Lipinski definition) is 20. The van der Waals surface area contributed by atoms with Crippen LogP contribution in [0.4, 0.5) is 0 Å². The molecule has 95 heavy (non-hydrogen) atoms. The second kappa shape index (κ2) is 31.4. The van der Waals surface area contributed by atoms with E-state index in [2.05, 4.69) is 156 Å². The molecule has 9 rings (SSSR count). The van der Waals surface area contributed by atoms with Crippen molar-refractivity contribution in [2.75, 3.05) is 13.7 Å². The zero-order valence-corrected chi connectivity index (χ0v) is 68.1. The lowest BCUT2D eigenvalue weighted by molar-refractivity contribution is -0.366. The van der Waals surface area contributed by atoms with Crippen LogP contribution < -0.4 is 0 Å². The normalized spacial score (nSPS) is 28.0. The lowest BCUT2D eigenvalue weighted by atomic mass is 9.86. The van der Waals surface area contributed by atoms with Crippen molar-refractivity contribution >= 4 is 99.0 Å². The lowest BCUT2D eigenvalue weighted by Crippen LogP contribution is -2.68. The van der Waals surface area contributed by atoms with E-state index in [9.17, 15) is 30.3 Å². The summed E-state index contributed by atoms with van der Waals surface area (Å²) in [5.74, 6) is -3.72. The van der Waals surface area contributed by atoms with E-state index in [4.69, 9.17) is 55.5 Å². The number of nitrogens with zero attached hydrogens (tertiary/aromatic N) is 2. The molecule has 18 nitrogen and oxygen atoms in total. The van der Waals surface area contributed by atoms with Crippen LogP contribution in [0.2, 0.25) is 118 Å². The number of aryl methyl sites for hydroxylation is 2. The van der Waals surface area contributed by atoms with Gasteiger partial charge < -0.3 is 71.0 Å². The van der Waals surface area contributed by atoms with Gasteiger partial charge in [0.05, 0.1) is 49.3 Å². The minimum atomic E-state index is -2.17. The summed E-state index contributed by atoms with van der Waals surface area (Å²) in [4.78, 5) is 22.2. The SMILES string of the molecule is CC[C@H]1OC(=O)[C@H](O[Si](C)(C)C)[C@@H](O[Si](C)(C)C)[C@@H]1O[Si](C)(C)C.CC[C@H]1OC(O)(c2ccc(C)c(Cc3nc4ccccc4s3)c2)[C@H](O[Si](C)(C)C)[C@@H](O[Si](C)(C)C)[C@@H]1O[Si](C)(C)C.COC1(c2ccc(C)c(Cc3nc4ccccc4s3)c2)O[C@H](CO)[C@@H](O)[C@H](O)[C@H]1O. The number of hydrogen-bond donors (Lipinski definition) is 5. The van der Waals surface area contributed by atoms with Gasteiger partial charge in [0.2, 0.25) is 11.6 Å². The van der Waals surface area contributed by atoms with Gasteiger partial charge in [0.1, 0.15) is 54.9 Å². The minimum absolute atomic E-state index is 0.257. The van der Waals surface area contributed by atoms with Crippen LogP contribution in [0.3, 0.4) is 0 Å². The number of methoxy groups -OCH3 is 1. The molecular formula is C69H110N2O16S2Si6. The van der Waals surface area contributed by atoms with Crippen molar-refractivity contribution in [2.45, 2.75) is 256 Å². The first-order valence-corrected chi connectivity index (χ1v) is 55.4. The minimum Gasteiger partial charge on any atom is -0.458 e. The van der Waals surface area contributed by atoms with Gasteiger partial charge in [-0.15, -0.1) is 22.7 Å². The van der Waals surface area contributed by atoms with Gasteiger partial charge in [0.15, 0.2) is 56.0 Å². The third-order valence-corrected chi connectivity index (χ3v) is 24.0. The number of carbonyl (C=O) groups excluding carboxylic acids is 1. The molecule has 0 saturated carbocycles. The Balaban J connectivity index is 0.000000210. The van der Waals surface area contributed by atoms with Crippen LogP contribution in [0.15, 0.2) is 84.9 Å². The number of ether oxygens (including phenoxy) is 4. The monoisotopic (exact) mass is 1450 g/mol. The Morgan fingerprint density at radius 1 is 0.516 bits per heavy atom. The van der Waals surface area contributed by atoms with Crippen LogP contribution in [-0.4, -0.2) is 178 Å². The van der Waals surface area contributed by atoms with Crippen LogP contribution >= 0.6 is 22.7 Å². The number of rotatable bonds is 22. The van der Waals surface area contributed by atoms with Gasteiger partial charge >= 0.3 is 5.97 Å². The maximum absolute atomic E-state index is 12.7. The van der Waals surface area contributed by atoms with Gasteiger partial charge in [-0.25, -0.2) is 14.8 Å². The molecule has 3 fully saturated rings. The second-order valence-electron chi connectivity index (χ2n) is 31.1. The van der Waals surface area contributed by atoms with Crippen LogP contribution in [0, 0.1) is 13.8 Å². The van der Waals surface area contributed by atoms with E-state index in [1.54, 1.807) is 28.7 Å². The van der Waals surface area contributed by atoms with Crippen LogP contribution in [-0.2, 0) is 74.7 Å². The Labute approximate surface area is 579 Å². The average molecular weight is 1460 g/mol. The van der Waals surface area contributed by atoms with E-state index in [0.29, 0.717) is 36.8 Å². The van der Waals surface area contributed by atoms with Crippen molar-refractivity contribution in [2.24, 2.45) is 0 Å². The topological polar surface area (TPSA) is 236 Å². The van der Waals surface area contributed by atoms with Gasteiger partial charge in [-0.2, -0.15) is 0 Å². The molecule has 6 aromatic rings. The third kappa shape index (κ3) is 20.8. The second-order valence-corrected chi connectivity index (χ2v) is 60.1. The zero-order chi connectivity index (χ0) is 70.8. The largest absolute Gasteiger partial charge is 0.458 e. The summed E-state index contributed by atoms with van der Waals surface area (Å²) in [5, 5.41) is 55.4. The van der Waals surface area contributed by atoms with E-state index >= 15 is 0 Å². The number of thiazole rings is 2. The summed E-state index contributed by atoms with van der Waals surface area (Å²) in [6.07, 6.45) is -6.41. The number of para-hydroxylation sites is 2. The summed E-state index contributed by atoms with van der Waals surface area (Å²) < 4.78 is 65.7. The van der Waals surface area contributed by atoms with Crippen molar-refractivity contribution in [1.29, 1.82) is 0 Å². The summed E-state index contributed by atoms with van der Waals surface area (Å²) in [6, 6.07) is 27.8. The average Bonchev–Trinajstić information content (AvgIpc) is 1.31. The van der Waals surface area contributed by atoms with Crippen LogP contribution in [0.5, 0.6) is 0 Å². The van der Waals surface area contributed by atoms with Gasteiger partial charge in [-0.3, -0.25) is 0 Å². The molecule has 0 aliphatic carbocycles. The van der Waals surface area contributed by atoms with Crippen LogP contribution in [0.1, 0.15) is 70.1 Å². The molecule has 3 aliphatic rings. The van der Waals surface area contributed by atoms with E-state index in [1.807, 2.05) is 68.4 Å². The summed E-state index contributed by atoms with van der Waals surface area (Å²) in [5.41, 5.74) is 7.42. The molecule has 5 N–H and O–H groups in total. The summed E-state index contributed by atoms with van der Waals surface area (Å²) in [6.45, 7) is 46.3. The maximum atomic E-state index is 12.7. The Morgan fingerprint density at radius 2 is 0.937 bits per heavy atom. The lowest BCUT2D eigenvalue weighted by Gasteiger charge is -2.54. The van der Waals surface area contributed by atoms with Crippen molar-refractivity contribution in [1.82, 2.24) is 9.97 Å². The number of aliphatic hydroxyl groups excluding tert-OH is 4. The molecule has 3 aliphatic heterocycles. The molecule has 0 bridgehead atoms. The van der Waals surface area contributed by atoms with E-state index < -0.39 is 111 Å². The first-order chi connectivity index (χ1) is 43.9. The molecule has 0 spiro atoms. The Bertz CT molecular complexity index is 3440. The third-order valence-electron chi connectivity index (χ3n) is 16.0. The van der Waals surface area contributed by atoms with Crippen molar-refractivity contribution in [3.05, 3.63) is 128 Å². The van der Waals surface area contributed by atoms with Gasteiger partial charge in [0.25, 0.3) is 0 Å².